The van der Waals surface area contributed by atoms with Gasteiger partial charge in [-0.15, -0.1) is 0 Å². The van der Waals surface area contributed by atoms with E-state index in [1.807, 2.05) is 27.7 Å². The minimum absolute atomic E-state index is 0.323. The van der Waals surface area contributed by atoms with Crippen LogP contribution in [-0.4, -0.2) is 31.6 Å². The normalized spacial score (nSPS) is 19.1. The Morgan fingerprint density at radius 1 is 1.18 bits per heavy atom. The lowest BCUT2D eigenvalue weighted by atomic mass is 9.78. The molecule has 0 aliphatic carbocycles. The molecule has 1 aromatic rings. The molecule has 0 unspecified atom stereocenters. The molecule has 22 heavy (non-hydrogen) atoms. The Bertz CT molecular complexity index is 584. The van der Waals surface area contributed by atoms with Gasteiger partial charge in [-0.25, -0.2) is 4.79 Å². The van der Waals surface area contributed by atoms with Crippen molar-refractivity contribution in [1.29, 1.82) is 0 Å². The number of ether oxygens (including phenoxy) is 2. The molecule has 1 aliphatic rings. The van der Waals surface area contributed by atoms with Gasteiger partial charge in [-0.2, -0.15) is 0 Å². The molecule has 1 aromatic carbocycles. The maximum Gasteiger partial charge on any atom is 0.513 e. The van der Waals surface area contributed by atoms with Gasteiger partial charge in [0.2, 0.25) is 0 Å². The molecule has 0 aromatic heterocycles. The minimum Gasteiger partial charge on any atom is -0.437 e. The zero-order chi connectivity index (χ0) is 16.7. The highest BCUT2D eigenvalue weighted by Crippen LogP contribution is 2.37. The van der Waals surface area contributed by atoms with Gasteiger partial charge in [0.15, 0.2) is 0 Å². The largest absolute Gasteiger partial charge is 0.513 e. The van der Waals surface area contributed by atoms with Crippen molar-refractivity contribution >= 4 is 30.3 Å². The Hall–Kier alpha value is -1.24. The highest BCUT2D eigenvalue weighted by Gasteiger charge is 2.51. The molecule has 7 heteroatoms. The SMILES string of the molecule is COC(=O)Oc1cc(B2OC(C)(C)C(C)(C)O2)cc(Cl)c1C. The summed E-state index contributed by atoms with van der Waals surface area (Å²) in [5, 5.41) is 0.464. The first-order chi connectivity index (χ1) is 10.1. The lowest BCUT2D eigenvalue weighted by Crippen LogP contribution is -2.41. The van der Waals surface area contributed by atoms with Crippen molar-refractivity contribution in [3.63, 3.8) is 0 Å². The standard InChI is InChI=1S/C15H20BClO5/c1-9-11(17)7-10(8-12(9)20-13(18)19-6)16-21-14(2,3)15(4,5)22-16/h7-8H,1-6H3. The van der Waals surface area contributed by atoms with Crippen LogP contribution >= 0.6 is 11.6 Å². The van der Waals surface area contributed by atoms with Crippen LogP contribution in [0, 0.1) is 6.92 Å². The maximum atomic E-state index is 11.3. The molecule has 0 bridgehead atoms. The number of hydrogen-bond donors (Lipinski definition) is 0. The number of hydrogen-bond acceptors (Lipinski definition) is 5. The lowest BCUT2D eigenvalue weighted by molar-refractivity contribution is 0.00578. The van der Waals surface area contributed by atoms with Crippen molar-refractivity contribution in [1.82, 2.24) is 0 Å². The lowest BCUT2D eigenvalue weighted by Gasteiger charge is -2.32. The number of halogens is 1. The summed E-state index contributed by atoms with van der Waals surface area (Å²) < 4.78 is 21.6. The fraction of sp³-hybridized carbons (Fsp3) is 0.533. The van der Waals surface area contributed by atoms with E-state index in [4.69, 9.17) is 25.6 Å². The Balaban J connectivity index is 2.35. The first-order valence-corrected chi connectivity index (χ1v) is 7.36. The van der Waals surface area contributed by atoms with E-state index in [2.05, 4.69) is 4.74 Å². The van der Waals surface area contributed by atoms with E-state index in [0.717, 1.165) is 0 Å². The molecule has 1 fully saturated rings. The van der Waals surface area contributed by atoms with Crippen LogP contribution in [0.5, 0.6) is 5.75 Å². The van der Waals surface area contributed by atoms with Crippen LogP contribution in [0.1, 0.15) is 33.3 Å². The second-order valence-corrected chi connectivity index (χ2v) is 6.68. The molecule has 0 radical (unpaired) electrons. The number of carbonyl (C=O) groups is 1. The quantitative estimate of drug-likeness (QED) is 0.475. The molecule has 2 rings (SSSR count). The van der Waals surface area contributed by atoms with Crippen LogP contribution < -0.4 is 10.2 Å². The summed E-state index contributed by atoms with van der Waals surface area (Å²) in [4.78, 5) is 11.3. The van der Waals surface area contributed by atoms with Gasteiger partial charge in [0.05, 0.1) is 18.3 Å². The van der Waals surface area contributed by atoms with Crippen molar-refractivity contribution in [2.45, 2.75) is 45.8 Å². The molecule has 0 N–H and O–H groups in total. The molecule has 5 nitrogen and oxygen atoms in total. The van der Waals surface area contributed by atoms with E-state index in [0.29, 0.717) is 21.8 Å². The molecule has 120 valence electrons. The topological polar surface area (TPSA) is 54.0 Å². The summed E-state index contributed by atoms with van der Waals surface area (Å²) in [7, 11) is 0.667. The monoisotopic (exact) mass is 326 g/mol. The van der Waals surface area contributed by atoms with Crippen molar-refractivity contribution in [3.8, 4) is 5.75 Å². The second-order valence-electron chi connectivity index (χ2n) is 6.27. The number of benzene rings is 1. The van der Waals surface area contributed by atoms with Gasteiger partial charge in [0.1, 0.15) is 5.75 Å². The van der Waals surface area contributed by atoms with Crippen LogP contribution in [0.25, 0.3) is 0 Å². The van der Waals surface area contributed by atoms with Gasteiger partial charge < -0.3 is 18.8 Å². The molecular weight excluding hydrogens is 306 g/mol. The predicted octanol–water partition coefficient (Wildman–Crippen LogP) is 3.09. The van der Waals surface area contributed by atoms with Gasteiger partial charge in [-0.05, 0) is 52.2 Å². The van der Waals surface area contributed by atoms with Crippen molar-refractivity contribution in [2.75, 3.05) is 7.11 Å². The van der Waals surface area contributed by atoms with E-state index in [1.165, 1.54) is 7.11 Å². The van der Waals surface area contributed by atoms with E-state index >= 15 is 0 Å². The third-order valence-corrected chi connectivity index (χ3v) is 4.60. The minimum atomic E-state index is -0.801. The van der Waals surface area contributed by atoms with Crippen molar-refractivity contribution in [3.05, 3.63) is 22.7 Å². The molecule has 0 atom stereocenters. The second kappa shape index (κ2) is 5.76. The molecule has 1 saturated heterocycles. The van der Waals surface area contributed by atoms with Gasteiger partial charge >= 0.3 is 13.3 Å². The van der Waals surface area contributed by atoms with Crippen molar-refractivity contribution in [2.24, 2.45) is 0 Å². The van der Waals surface area contributed by atoms with Crippen LogP contribution in [-0.2, 0) is 14.0 Å². The molecule has 0 amide bonds. The number of carbonyl (C=O) groups excluding carboxylic acids is 1. The molecule has 1 heterocycles. The van der Waals surface area contributed by atoms with Gasteiger partial charge in [-0.3, -0.25) is 0 Å². The van der Waals surface area contributed by atoms with Gasteiger partial charge in [-0.1, -0.05) is 11.6 Å². The predicted molar refractivity (Wildman–Crippen MR) is 84.9 cm³/mol. The average molecular weight is 327 g/mol. The Labute approximate surface area is 136 Å². The summed E-state index contributed by atoms with van der Waals surface area (Å²) in [6.07, 6.45) is -0.801. The maximum absolute atomic E-state index is 11.3. The number of methoxy groups -OCH3 is 1. The summed E-state index contributed by atoms with van der Waals surface area (Å²) in [5.74, 6) is 0.323. The van der Waals surface area contributed by atoms with Crippen LogP contribution in [0.15, 0.2) is 12.1 Å². The molecule has 0 spiro atoms. The Morgan fingerprint density at radius 3 is 2.23 bits per heavy atom. The third kappa shape index (κ3) is 3.09. The molecular formula is C15H20BClO5. The smallest absolute Gasteiger partial charge is 0.437 e. The molecule has 0 saturated carbocycles. The van der Waals surface area contributed by atoms with Gasteiger partial charge in [0.25, 0.3) is 0 Å². The number of rotatable bonds is 2. The Kier molecular flexibility index (Phi) is 4.48. The third-order valence-electron chi connectivity index (χ3n) is 4.20. The average Bonchev–Trinajstić information content (AvgIpc) is 2.63. The van der Waals surface area contributed by atoms with E-state index in [1.54, 1.807) is 19.1 Å². The van der Waals surface area contributed by atoms with Crippen LogP contribution in [0.4, 0.5) is 4.79 Å². The first-order valence-electron chi connectivity index (χ1n) is 6.99. The van der Waals surface area contributed by atoms with E-state index < -0.39 is 24.5 Å². The van der Waals surface area contributed by atoms with Crippen LogP contribution in [0.2, 0.25) is 5.02 Å². The Morgan fingerprint density at radius 2 is 1.73 bits per heavy atom. The molecule has 1 aliphatic heterocycles. The zero-order valence-corrected chi connectivity index (χ0v) is 14.4. The zero-order valence-electron chi connectivity index (χ0n) is 13.7. The fourth-order valence-electron chi connectivity index (χ4n) is 2.03. The van der Waals surface area contributed by atoms with E-state index in [-0.39, 0.29) is 0 Å². The van der Waals surface area contributed by atoms with Crippen LogP contribution in [0.3, 0.4) is 0 Å². The highest BCUT2D eigenvalue weighted by atomic mass is 35.5. The summed E-state index contributed by atoms with van der Waals surface area (Å²) >= 11 is 6.22. The summed E-state index contributed by atoms with van der Waals surface area (Å²) in [6.45, 7) is 9.63. The fourth-order valence-corrected chi connectivity index (χ4v) is 2.25. The van der Waals surface area contributed by atoms with Gasteiger partial charge in [0, 0.05) is 10.6 Å². The summed E-state index contributed by atoms with van der Waals surface area (Å²) in [6, 6.07) is 3.43. The van der Waals surface area contributed by atoms with Crippen molar-refractivity contribution < 1.29 is 23.6 Å². The first kappa shape index (κ1) is 17.1. The van der Waals surface area contributed by atoms with E-state index in [9.17, 15) is 4.79 Å². The summed E-state index contributed by atoms with van der Waals surface area (Å²) in [5.41, 5.74) is 0.414. The highest BCUT2D eigenvalue weighted by molar-refractivity contribution is 6.62.